The van der Waals surface area contributed by atoms with Crippen LogP contribution in [0.4, 0.5) is 0 Å². The van der Waals surface area contributed by atoms with Crippen LogP contribution in [0.2, 0.25) is 0 Å². The average molecular weight is 398 g/mol. The van der Waals surface area contributed by atoms with E-state index in [1.54, 1.807) is 6.92 Å². The quantitative estimate of drug-likeness (QED) is 0.239. The van der Waals surface area contributed by atoms with Crippen LogP contribution >= 0.6 is 0 Å². The number of hydrogen-bond acceptors (Lipinski definition) is 3. The zero-order valence-electron chi connectivity index (χ0n) is 18.8. The van der Waals surface area contributed by atoms with Crippen LogP contribution in [0.3, 0.4) is 0 Å². The molecule has 166 valence electrons. The van der Waals surface area contributed by atoms with Gasteiger partial charge in [-0.25, -0.2) is 0 Å². The van der Waals surface area contributed by atoms with Gasteiger partial charge in [0.15, 0.2) is 0 Å². The molecule has 0 aromatic carbocycles. The third-order valence-corrected chi connectivity index (χ3v) is 6.36. The van der Waals surface area contributed by atoms with Gasteiger partial charge in [0.1, 0.15) is 5.72 Å². The minimum absolute atomic E-state index is 0.494. The molecule has 4 nitrogen and oxygen atoms in total. The number of unbranched alkanes of at least 4 members (excludes halogenated alkanes) is 15. The molecule has 1 heterocycles. The summed E-state index contributed by atoms with van der Waals surface area (Å²) in [6.07, 6.45) is 22.5. The fourth-order valence-corrected chi connectivity index (χ4v) is 4.34. The molecule has 0 aliphatic carbocycles. The van der Waals surface area contributed by atoms with E-state index in [0.29, 0.717) is 6.61 Å². The lowest BCUT2D eigenvalue weighted by molar-refractivity contribution is -0.154. The molecule has 0 aromatic rings. The van der Waals surface area contributed by atoms with Gasteiger partial charge in [-0.3, -0.25) is 10.1 Å². The van der Waals surface area contributed by atoms with Crippen molar-refractivity contribution in [1.29, 1.82) is 0 Å². The summed E-state index contributed by atoms with van der Waals surface area (Å²) in [4.78, 5) is 11.3. The second kappa shape index (κ2) is 16.2. The molecular formula is C24H47NO3. The van der Waals surface area contributed by atoms with Crippen LogP contribution < -0.4 is 5.32 Å². The smallest absolute Gasteiger partial charge is 0.310 e. The summed E-state index contributed by atoms with van der Waals surface area (Å²) >= 11 is 0. The van der Waals surface area contributed by atoms with E-state index in [4.69, 9.17) is 4.74 Å². The number of rotatable bonds is 19. The van der Waals surface area contributed by atoms with Gasteiger partial charge in [0, 0.05) is 6.54 Å². The molecule has 0 saturated carbocycles. The van der Waals surface area contributed by atoms with Crippen LogP contribution in [0, 0.1) is 5.92 Å². The molecule has 1 fully saturated rings. The average Bonchev–Trinajstić information content (AvgIpc) is 3.17. The van der Waals surface area contributed by atoms with E-state index in [0.717, 1.165) is 19.4 Å². The summed E-state index contributed by atoms with van der Waals surface area (Å²) in [6, 6.07) is 0. The molecule has 2 N–H and O–H groups in total. The van der Waals surface area contributed by atoms with Crippen molar-refractivity contribution >= 4 is 5.97 Å². The van der Waals surface area contributed by atoms with E-state index in [9.17, 15) is 9.90 Å². The Kier molecular flexibility index (Phi) is 14.7. The molecule has 1 rings (SSSR count). The first-order chi connectivity index (χ1) is 13.6. The summed E-state index contributed by atoms with van der Waals surface area (Å²) in [6.45, 7) is 5.42. The maximum atomic E-state index is 11.3. The Morgan fingerprint density at radius 1 is 0.857 bits per heavy atom. The lowest BCUT2D eigenvalue weighted by Gasteiger charge is -2.32. The van der Waals surface area contributed by atoms with Gasteiger partial charge in [0.2, 0.25) is 0 Å². The standard InChI is InChI=1S/C24H47NO3/c1-3-4-5-6-7-8-9-10-11-12-13-14-15-16-17-18-19-24(22(2)23(26)27)25-20-21-28-24/h22,25H,3-21H2,1-2H3,(H,26,27). The van der Waals surface area contributed by atoms with Crippen LogP contribution in [0.25, 0.3) is 0 Å². The van der Waals surface area contributed by atoms with Crippen molar-refractivity contribution in [2.75, 3.05) is 13.2 Å². The van der Waals surface area contributed by atoms with E-state index < -0.39 is 17.6 Å². The Hall–Kier alpha value is -0.610. The van der Waals surface area contributed by atoms with Crippen molar-refractivity contribution in [2.24, 2.45) is 5.92 Å². The summed E-state index contributed by atoms with van der Waals surface area (Å²) in [7, 11) is 0. The molecule has 4 heteroatoms. The first kappa shape index (κ1) is 25.4. The van der Waals surface area contributed by atoms with Crippen LogP contribution in [0.5, 0.6) is 0 Å². The highest BCUT2D eigenvalue weighted by Gasteiger charge is 2.43. The molecule has 1 aliphatic heterocycles. The van der Waals surface area contributed by atoms with Crippen molar-refractivity contribution in [3.05, 3.63) is 0 Å². The molecule has 2 unspecified atom stereocenters. The fourth-order valence-electron chi connectivity index (χ4n) is 4.34. The Morgan fingerprint density at radius 3 is 1.64 bits per heavy atom. The number of aliphatic carboxylic acids is 1. The zero-order chi connectivity index (χ0) is 20.5. The van der Waals surface area contributed by atoms with E-state index in [2.05, 4.69) is 12.2 Å². The Morgan fingerprint density at radius 2 is 1.29 bits per heavy atom. The second-order valence-electron chi connectivity index (χ2n) is 8.78. The highest BCUT2D eigenvalue weighted by Crippen LogP contribution is 2.29. The lowest BCUT2D eigenvalue weighted by Crippen LogP contribution is -2.50. The van der Waals surface area contributed by atoms with Crippen LogP contribution in [-0.2, 0) is 9.53 Å². The minimum Gasteiger partial charge on any atom is -0.481 e. The molecule has 1 aliphatic rings. The number of nitrogens with one attached hydrogen (secondary N) is 1. The van der Waals surface area contributed by atoms with Crippen LogP contribution in [0.1, 0.15) is 123 Å². The number of carboxylic acids is 1. The van der Waals surface area contributed by atoms with Gasteiger partial charge in [-0.05, 0) is 19.8 Å². The van der Waals surface area contributed by atoms with Crippen molar-refractivity contribution < 1.29 is 14.6 Å². The number of carboxylic acid groups (broad SMARTS) is 1. The van der Waals surface area contributed by atoms with Gasteiger partial charge in [0.05, 0.1) is 12.5 Å². The number of ether oxygens (including phenoxy) is 1. The Bertz CT molecular complexity index is 380. The summed E-state index contributed by atoms with van der Waals surface area (Å²) < 4.78 is 5.80. The van der Waals surface area contributed by atoms with Crippen molar-refractivity contribution in [1.82, 2.24) is 5.32 Å². The highest BCUT2D eigenvalue weighted by molar-refractivity contribution is 5.71. The predicted octanol–water partition coefficient (Wildman–Crippen LogP) is 6.67. The molecule has 0 aromatic heterocycles. The van der Waals surface area contributed by atoms with Crippen LogP contribution in [0.15, 0.2) is 0 Å². The van der Waals surface area contributed by atoms with Gasteiger partial charge < -0.3 is 9.84 Å². The summed E-state index contributed by atoms with van der Waals surface area (Å²) in [5, 5.41) is 12.6. The molecule has 0 spiro atoms. The largest absolute Gasteiger partial charge is 0.481 e. The first-order valence-electron chi connectivity index (χ1n) is 12.2. The minimum atomic E-state index is -0.772. The summed E-state index contributed by atoms with van der Waals surface area (Å²) in [5.74, 6) is -1.27. The molecule has 0 radical (unpaired) electrons. The van der Waals surface area contributed by atoms with Gasteiger partial charge in [0.25, 0.3) is 0 Å². The van der Waals surface area contributed by atoms with E-state index in [1.807, 2.05) is 0 Å². The summed E-state index contributed by atoms with van der Waals surface area (Å²) in [5.41, 5.74) is -0.637. The van der Waals surface area contributed by atoms with Crippen molar-refractivity contribution in [2.45, 2.75) is 129 Å². The number of carbonyl (C=O) groups is 1. The maximum Gasteiger partial charge on any atom is 0.310 e. The van der Waals surface area contributed by atoms with Crippen molar-refractivity contribution in [3.8, 4) is 0 Å². The molecule has 0 bridgehead atoms. The molecule has 28 heavy (non-hydrogen) atoms. The molecule has 2 atom stereocenters. The Balaban J connectivity index is 1.88. The van der Waals surface area contributed by atoms with Gasteiger partial charge >= 0.3 is 5.97 Å². The third kappa shape index (κ3) is 10.8. The van der Waals surface area contributed by atoms with Gasteiger partial charge in [-0.1, -0.05) is 103 Å². The Labute approximate surface area is 174 Å². The fraction of sp³-hybridized carbons (Fsp3) is 0.958. The molecule has 1 saturated heterocycles. The second-order valence-corrected chi connectivity index (χ2v) is 8.78. The monoisotopic (exact) mass is 397 g/mol. The van der Waals surface area contributed by atoms with E-state index in [-0.39, 0.29) is 0 Å². The van der Waals surface area contributed by atoms with Gasteiger partial charge in [-0.2, -0.15) is 0 Å². The predicted molar refractivity (Wildman–Crippen MR) is 118 cm³/mol. The van der Waals surface area contributed by atoms with Crippen LogP contribution in [-0.4, -0.2) is 30.0 Å². The lowest BCUT2D eigenvalue weighted by atomic mass is 9.91. The van der Waals surface area contributed by atoms with E-state index in [1.165, 1.54) is 96.3 Å². The zero-order valence-corrected chi connectivity index (χ0v) is 18.8. The SMILES string of the molecule is CCCCCCCCCCCCCCCCCCC1(C(C)C(=O)O)NCCO1. The topological polar surface area (TPSA) is 58.6 Å². The highest BCUT2D eigenvalue weighted by atomic mass is 16.5. The van der Waals surface area contributed by atoms with E-state index >= 15 is 0 Å². The third-order valence-electron chi connectivity index (χ3n) is 6.36. The molecular weight excluding hydrogens is 350 g/mol. The molecule has 0 amide bonds. The van der Waals surface area contributed by atoms with Crippen molar-refractivity contribution in [3.63, 3.8) is 0 Å². The van der Waals surface area contributed by atoms with Gasteiger partial charge in [-0.15, -0.1) is 0 Å². The normalized spacial score (nSPS) is 20.5. The first-order valence-corrected chi connectivity index (χ1v) is 12.2. The maximum absolute atomic E-state index is 11.3. The number of hydrogen-bond donors (Lipinski definition) is 2.